The van der Waals surface area contributed by atoms with Crippen LogP contribution in [0.1, 0.15) is 30.2 Å². The van der Waals surface area contributed by atoms with Crippen molar-refractivity contribution in [3.63, 3.8) is 0 Å². The maximum absolute atomic E-state index is 6.12. The van der Waals surface area contributed by atoms with Crippen molar-refractivity contribution in [3.8, 4) is 0 Å². The Balaban J connectivity index is 2.21. The van der Waals surface area contributed by atoms with Crippen molar-refractivity contribution >= 4 is 11.6 Å². The molecule has 1 saturated heterocycles. The van der Waals surface area contributed by atoms with Gasteiger partial charge in [-0.3, -0.25) is 4.68 Å². The molecule has 0 spiro atoms. The number of alkyl halides is 1. The lowest BCUT2D eigenvalue weighted by Gasteiger charge is -2.26. The van der Waals surface area contributed by atoms with Crippen LogP contribution in [0, 0.1) is 6.92 Å². The van der Waals surface area contributed by atoms with Gasteiger partial charge in [0.05, 0.1) is 11.9 Å². The first kappa shape index (κ1) is 9.99. The summed E-state index contributed by atoms with van der Waals surface area (Å²) in [5.74, 6) is 0. The van der Waals surface area contributed by atoms with E-state index in [0.29, 0.717) is 0 Å². The lowest BCUT2D eigenvalue weighted by atomic mass is 10.0. The molecule has 0 amide bonds. The number of aromatic nitrogens is 2. The van der Waals surface area contributed by atoms with Crippen LogP contribution in [0.2, 0.25) is 0 Å². The smallest absolute Gasteiger partial charge is 0.101 e. The quantitative estimate of drug-likeness (QED) is 0.671. The Kier molecular flexibility index (Phi) is 2.79. The molecule has 0 aromatic carbocycles. The zero-order chi connectivity index (χ0) is 10.1. The second-order valence-corrected chi connectivity index (χ2v) is 4.43. The minimum Gasteiger partial charge on any atom is -0.372 e. The van der Waals surface area contributed by atoms with Gasteiger partial charge in [-0.05, 0) is 25.3 Å². The molecule has 1 aliphatic heterocycles. The SMILES string of the molecule is Cc1cnn(C)c1C1CC(Cl)CCO1. The molecule has 0 radical (unpaired) electrons. The van der Waals surface area contributed by atoms with Crippen LogP contribution < -0.4 is 0 Å². The molecule has 0 bridgehead atoms. The summed E-state index contributed by atoms with van der Waals surface area (Å²) in [6, 6.07) is 0. The average molecular weight is 215 g/mol. The average Bonchev–Trinajstić information content (AvgIpc) is 2.46. The van der Waals surface area contributed by atoms with Gasteiger partial charge in [0.25, 0.3) is 0 Å². The Labute approximate surface area is 89.0 Å². The van der Waals surface area contributed by atoms with E-state index in [4.69, 9.17) is 16.3 Å². The summed E-state index contributed by atoms with van der Waals surface area (Å²) in [6.45, 7) is 2.81. The highest BCUT2D eigenvalue weighted by Crippen LogP contribution is 2.31. The van der Waals surface area contributed by atoms with Crippen molar-refractivity contribution in [1.29, 1.82) is 0 Å². The summed E-state index contributed by atoms with van der Waals surface area (Å²) in [5.41, 5.74) is 2.35. The highest BCUT2D eigenvalue weighted by Gasteiger charge is 2.25. The highest BCUT2D eigenvalue weighted by atomic mass is 35.5. The van der Waals surface area contributed by atoms with E-state index in [1.54, 1.807) is 0 Å². The molecule has 4 heteroatoms. The predicted octanol–water partition coefficient (Wildman–Crippen LogP) is 2.19. The summed E-state index contributed by atoms with van der Waals surface area (Å²) in [7, 11) is 1.95. The molecular weight excluding hydrogens is 200 g/mol. The maximum Gasteiger partial charge on any atom is 0.101 e. The van der Waals surface area contributed by atoms with Gasteiger partial charge in [-0.1, -0.05) is 0 Å². The maximum atomic E-state index is 6.12. The molecule has 1 aliphatic rings. The molecule has 2 rings (SSSR count). The van der Waals surface area contributed by atoms with Crippen LogP contribution >= 0.6 is 11.6 Å². The third kappa shape index (κ3) is 1.79. The number of halogens is 1. The monoisotopic (exact) mass is 214 g/mol. The molecule has 2 unspecified atom stereocenters. The summed E-state index contributed by atoms with van der Waals surface area (Å²) >= 11 is 6.12. The fourth-order valence-corrected chi connectivity index (χ4v) is 2.22. The largest absolute Gasteiger partial charge is 0.372 e. The molecular formula is C10H15ClN2O. The van der Waals surface area contributed by atoms with E-state index in [1.165, 1.54) is 5.56 Å². The van der Waals surface area contributed by atoms with Gasteiger partial charge >= 0.3 is 0 Å². The van der Waals surface area contributed by atoms with E-state index in [2.05, 4.69) is 12.0 Å². The van der Waals surface area contributed by atoms with Gasteiger partial charge in [0.2, 0.25) is 0 Å². The first-order chi connectivity index (χ1) is 6.68. The fourth-order valence-electron chi connectivity index (χ4n) is 1.97. The normalized spacial score (nSPS) is 27.9. The lowest BCUT2D eigenvalue weighted by molar-refractivity contribution is 0.0116. The molecule has 14 heavy (non-hydrogen) atoms. The zero-order valence-corrected chi connectivity index (χ0v) is 9.29. The van der Waals surface area contributed by atoms with Gasteiger partial charge < -0.3 is 4.74 Å². The van der Waals surface area contributed by atoms with Crippen LogP contribution in [0.25, 0.3) is 0 Å². The molecule has 1 aromatic heterocycles. The highest BCUT2D eigenvalue weighted by molar-refractivity contribution is 6.20. The first-order valence-corrected chi connectivity index (χ1v) is 5.36. The first-order valence-electron chi connectivity index (χ1n) is 4.92. The number of rotatable bonds is 1. The van der Waals surface area contributed by atoms with Crippen molar-refractivity contribution in [2.75, 3.05) is 6.61 Å². The molecule has 1 aromatic rings. The second-order valence-electron chi connectivity index (χ2n) is 3.82. The van der Waals surface area contributed by atoms with Crippen molar-refractivity contribution in [2.45, 2.75) is 31.2 Å². The van der Waals surface area contributed by atoms with E-state index < -0.39 is 0 Å². The number of hydrogen-bond acceptors (Lipinski definition) is 2. The van der Waals surface area contributed by atoms with E-state index >= 15 is 0 Å². The van der Waals surface area contributed by atoms with Gasteiger partial charge in [0.15, 0.2) is 0 Å². The van der Waals surface area contributed by atoms with Crippen LogP contribution in [-0.4, -0.2) is 21.8 Å². The topological polar surface area (TPSA) is 27.1 Å². The van der Waals surface area contributed by atoms with Crippen LogP contribution in [0.4, 0.5) is 0 Å². The summed E-state index contributed by atoms with van der Waals surface area (Å²) in [6.07, 6.45) is 3.84. The van der Waals surface area contributed by atoms with Gasteiger partial charge in [0.1, 0.15) is 6.10 Å². The zero-order valence-electron chi connectivity index (χ0n) is 8.53. The predicted molar refractivity (Wildman–Crippen MR) is 55.5 cm³/mol. The molecule has 1 fully saturated rings. The van der Waals surface area contributed by atoms with Gasteiger partial charge in [-0.25, -0.2) is 0 Å². The molecule has 2 heterocycles. The Morgan fingerprint density at radius 3 is 3.00 bits per heavy atom. The third-order valence-corrected chi connectivity index (χ3v) is 3.10. The van der Waals surface area contributed by atoms with Gasteiger partial charge in [0, 0.05) is 19.0 Å². The van der Waals surface area contributed by atoms with Gasteiger partial charge in [-0.2, -0.15) is 5.10 Å². The second kappa shape index (κ2) is 3.91. The van der Waals surface area contributed by atoms with E-state index in [-0.39, 0.29) is 11.5 Å². The summed E-state index contributed by atoms with van der Waals surface area (Å²) < 4.78 is 7.59. The Morgan fingerprint density at radius 1 is 1.64 bits per heavy atom. The molecule has 78 valence electrons. The van der Waals surface area contributed by atoms with Crippen molar-refractivity contribution in [3.05, 3.63) is 17.5 Å². The number of aryl methyl sites for hydroxylation is 2. The van der Waals surface area contributed by atoms with Crippen LogP contribution in [0.5, 0.6) is 0 Å². The van der Waals surface area contributed by atoms with Crippen molar-refractivity contribution in [1.82, 2.24) is 9.78 Å². The van der Waals surface area contributed by atoms with Gasteiger partial charge in [-0.15, -0.1) is 11.6 Å². The molecule has 3 nitrogen and oxygen atoms in total. The van der Waals surface area contributed by atoms with Crippen molar-refractivity contribution in [2.24, 2.45) is 7.05 Å². The number of nitrogens with zero attached hydrogens (tertiary/aromatic N) is 2. The van der Waals surface area contributed by atoms with E-state index in [0.717, 1.165) is 25.1 Å². The van der Waals surface area contributed by atoms with Crippen LogP contribution in [0.3, 0.4) is 0 Å². The minimum absolute atomic E-state index is 0.124. The molecule has 0 saturated carbocycles. The fraction of sp³-hybridized carbons (Fsp3) is 0.700. The Hall–Kier alpha value is -0.540. The Bertz CT molecular complexity index is 304. The Morgan fingerprint density at radius 2 is 2.43 bits per heavy atom. The number of hydrogen-bond donors (Lipinski definition) is 0. The molecule has 2 atom stereocenters. The third-order valence-electron chi connectivity index (χ3n) is 2.70. The summed E-state index contributed by atoms with van der Waals surface area (Å²) in [4.78, 5) is 0. The number of ether oxygens (including phenoxy) is 1. The molecule has 0 N–H and O–H groups in total. The van der Waals surface area contributed by atoms with Crippen LogP contribution in [-0.2, 0) is 11.8 Å². The lowest BCUT2D eigenvalue weighted by Crippen LogP contribution is -2.22. The van der Waals surface area contributed by atoms with Crippen LogP contribution in [0.15, 0.2) is 6.20 Å². The summed E-state index contributed by atoms with van der Waals surface area (Å²) in [5, 5.41) is 4.45. The molecule has 0 aliphatic carbocycles. The van der Waals surface area contributed by atoms with Crippen molar-refractivity contribution < 1.29 is 4.74 Å². The standard InChI is InChI=1S/C10H15ClN2O/c1-7-6-12-13(2)10(7)9-5-8(11)3-4-14-9/h6,8-9H,3-5H2,1-2H3. The van der Waals surface area contributed by atoms with E-state index in [9.17, 15) is 0 Å². The minimum atomic E-state index is 0.124. The van der Waals surface area contributed by atoms with E-state index in [1.807, 2.05) is 17.9 Å².